The van der Waals surface area contributed by atoms with E-state index in [-0.39, 0.29) is 23.1 Å². The van der Waals surface area contributed by atoms with Crippen LogP contribution in [-0.4, -0.2) is 37.2 Å². The molecule has 1 aliphatic heterocycles. The number of aryl methyl sites for hydroxylation is 2. The zero-order chi connectivity index (χ0) is 20.8. The Morgan fingerprint density at radius 1 is 1.28 bits per heavy atom. The molecule has 0 bridgehead atoms. The molecule has 2 aliphatic rings. The fraction of sp³-hybridized carbons (Fsp3) is 0.400. The monoisotopic (exact) mass is 417 g/mol. The number of fused-ring (bicyclic) bond motifs is 1. The average Bonchev–Trinajstić information content (AvgIpc) is 3.29. The van der Waals surface area contributed by atoms with Crippen LogP contribution >= 0.6 is 0 Å². The van der Waals surface area contributed by atoms with Crippen molar-refractivity contribution in [2.75, 3.05) is 11.9 Å². The molecule has 154 valence electrons. The summed E-state index contributed by atoms with van der Waals surface area (Å²) < 4.78 is 34.6. The van der Waals surface area contributed by atoms with E-state index >= 15 is 0 Å². The Kier molecular flexibility index (Phi) is 4.95. The van der Waals surface area contributed by atoms with Crippen LogP contribution in [0.3, 0.4) is 0 Å². The summed E-state index contributed by atoms with van der Waals surface area (Å²) in [6.45, 7) is 3.69. The van der Waals surface area contributed by atoms with Crippen molar-refractivity contribution in [1.29, 1.82) is 0 Å². The molecule has 1 aliphatic carbocycles. The van der Waals surface area contributed by atoms with Gasteiger partial charge in [-0.15, -0.1) is 0 Å². The van der Waals surface area contributed by atoms with Gasteiger partial charge in [0.1, 0.15) is 5.76 Å². The van der Waals surface area contributed by atoms with Crippen LogP contribution in [0.4, 0.5) is 5.69 Å². The van der Waals surface area contributed by atoms with Gasteiger partial charge in [-0.2, -0.15) is 0 Å². The first-order valence-corrected chi connectivity index (χ1v) is 11.1. The van der Waals surface area contributed by atoms with Crippen molar-refractivity contribution in [1.82, 2.24) is 9.88 Å². The highest BCUT2D eigenvalue weighted by molar-refractivity contribution is 7.89. The number of aliphatic carboxylic acids is 1. The van der Waals surface area contributed by atoms with E-state index in [4.69, 9.17) is 4.52 Å². The summed E-state index contributed by atoms with van der Waals surface area (Å²) in [5.74, 6) is -0.489. The molecule has 0 saturated heterocycles. The normalized spacial score (nSPS) is 17.0. The number of hydrogen-bond acceptors (Lipinski definition) is 6. The molecule has 3 N–H and O–H groups in total. The first-order chi connectivity index (χ1) is 13.8. The van der Waals surface area contributed by atoms with Crippen LogP contribution < -0.4 is 10.0 Å². The molecule has 0 atom stereocenters. The number of carboxylic acid groups (broad SMARTS) is 1. The fourth-order valence-electron chi connectivity index (χ4n) is 4.06. The number of aromatic nitrogens is 1. The van der Waals surface area contributed by atoms with Crippen molar-refractivity contribution in [3.05, 3.63) is 34.7 Å². The van der Waals surface area contributed by atoms with Gasteiger partial charge in [0.25, 0.3) is 0 Å². The SMILES string of the molecule is Cc1noc(C)c1-c1cc2c(c(S(=O)(=O)NC3CCCC3)c1)C=C(C(=O)O)CN2. The Labute approximate surface area is 169 Å². The van der Waals surface area contributed by atoms with E-state index in [0.29, 0.717) is 28.3 Å². The van der Waals surface area contributed by atoms with E-state index in [1.807, 2.05) is 6.07 Å². The summed E-state index contributed by atoms with van der Waals surface area (Å²) in [4.78, 5) is 11.5. The highest BCUT2D eigenvalue weighted by atomic mass is 32.2. The molecule has 1 aromatic heterocycles. The molecule has 9 heteroatoms. The maximum absolute atomic E-state index is 13.3. The second-order valence-electron chi connectivity index (χ2n) is 7.57. The molecule has 29 heavy (non-hydrogen) atoms. The zero-order valence-electron chi connectivity index (χ0n) is 16.3. The third kappa shape index (κ3) is 3.67. The van der Waals surface area contributed by atoms with Gasteiger partial charge in [-0.1, -0.05) is 18.0 Å². The summed E-state index contributed by atoms with van der Waals surface area (Å²) >= 11 is 0. The molecule has 1 saturated carbocycles. The first kappa shape index (κ1) is 19.7. The molecule has 2 heterocycles. The van der Waals surface area contributed by atoms with E-state index in [0.717, 1.165) is 31.2 Å². The van der Waals surface area contributed by atoms with Crippen LogP contribution in [0.2, 0.25) is 0 Å². The Balaban J connectivity index is 1.89. The van der Waals surface area contributed by atoms with Crippen LogP contribution in [0.5, 0.6) is 0 Å². The quantitative estimate of drug-likeness (QED) is 0.683. The molecule has 1 aromatic carbocycles. The van der Waals surface area contributed by atoms with Gasteiger partial charge in [0.2, 0.25) is 10.0 Å². The largest absolute Gasteiger partial charge is 0.478 e. The number of sulfonamides is 1. The minimum Gasteiger partial charge on any atom is -0.478 e. The average molecular weight is 417 g/mol. The summed E-state index contributed by atoms with van der Waals surface area (Å²) in [7, 11) is -3.85. The third-order valence-electron chi connectivity index (χ3n) is 5.49. The van der Waals surface area contributed by atoms with E-state index in [1.54, 1.807) is 19.9 Å². The van der Waals surface area contributed by atoms with Crippen LogP contribution in [0.15, 0.2) is 27.1 Å². The second-order valence-corrected chi connectivity index (χ2v) is 9.25. The Bertz CT molecular complexity index is 1090. The predicted molar refractivity (Wildman–Crippen MR) is 108 cm³/mol. The minimum atomic E-state index is -3.85. The van der Waals surface area contributed by atoms with Crippen molar-refractivity contribution in [3.8, 4) is 11.1 Å². The number of carbonyl (C=O) groups is 1. The van der Waals surface area contributed by atoms with Gasteiger partial charge in [0, 0.05) is 29.4 Å². The molecular weight excluding hydrogens is 394 g/mol. The van der Waals surface area contributed by atoms with Crippen LogP contribution in [-0.2, 0) is 14.8 Å². The molecule has 0 unspecified atom stereocenters. The molecule has 0 amide bonds. The molecule has 0 radical (unpaired) electrons. The van der Waals surface area contributed by atoms with E-state index in [9.17, 15) is 18.3 Å². The van der Waals surface area contributed by atoms with E-state index in [1.165, 1.54) is 6.08 Å². The van der Waals surface area contributed by atoms with Gasteiger partial charge < -0.3 is 14.9 Å². The van der Waals surface area contributed by atoms with Crippen molar-refractivity contribution in [3.63, 3.8) is 0 Å². The smallest absolute Gasteiger partial charge is 0.333 e. The van der Waals surface area contributed by atoms with E-state index in [2.05, 4.69) is 15.2 Å². The molecular formula is C20H23N3O5S. The highest BCUT2D eigenvalue weighted by Crippen LogP contribution is 2.37. The lowest BCUT2D eigenvalue weighted by Gasteiger charge is -2.22. The van der Waals surface area contributed by atoms with Gasteiger partial charge in [-0.05, 0) is 50.5 Å². The topological polar surface area (TPSA) is 122 Å². The molecule has 8 nitrogen and oxygen atoms in total. The standard InChI is InChI=1S/C20H23N3O5S/c1-11-19(12(2)28-22-11)13-8-17-16(7-14(10-21-17)20(24)25)18(9-13)29(26,27)23-15-5-3-4-6-15/h7-9,15,21,23H,3-6,10H2,1-2H3,(H,24,25). The third-order valence-corrected chi connectivity index (χ3v) is 7.05. The second kappa shape index (κ2) is 7.31. The van der Waals surface area contributed by atoms with Crippen molar-refractivity contribution in [2.24, 2.45) is 0 Å². The molecule has 0 spiro atoms. The van der Waals surface area contributed by atoms with Crippen LogP contribution in [0.25, 0.3) is 17.2 Å². The van der Waals surface area contributed by atoms with Crippen molar-refractivity contribution < 1.29 is 22.8 Å². The number of anilines is 1. The Morgan fingerprint density at radius 3 is 2.62 bits per heavy atom. The van der Waals surface area contributed by atoms with Gasteiger partial charge in [-0.3, -0.25) is 0 Å². The maximum Gasteiger partial charge on any atom is 0.333 e. The number of hydrogen-bond donors (Lipinski definition) is 3. The lowest BCUT2D eigenvalue weighted by Crippen LogP contribution is -2.33. The molecule has 1 fully saturated rings. The van der Waals surface area contributed by atoms with Crippen LogP contribution in [0, 0.1) is 13.8 Å². The van der Waals surface area contributed by atoms with Crippen LogP contribution in [0.1, 0.15) is 42.7 Å². The van der Waals surface area contributed by atoms with Gasteiger partial charge in [0.15, 0.2) is 0 Å². The minimum absolute atomic E-state index is 0.0582. The predicted octanol–water partition coefficient (Wildman–Crippen LogP) is 3.07. The maximum atomic E-state index is 13.3. The molecule has 4 rings (SSSR count). The van der Waals surface area contributed by atoms with Crippen molar-refractivity contribution >= 4 is 27.8 Å². The number of rotatable bonds is 5. The lowest BCUT2D eigenvalue weighted by molar-refractivity contribution is -0.132. The van der Waals surface area contributed by atoms with E-state index < -0.39 is 16.0 Å². The number of carboxylic acids is 1. The van der Waals surface area contributed by atoms with Crippen molar-refractivity contribution in [2.45, 2.75) is 50.5 Å². The molecule has 2 aromatic rings. The Morgan fingerprint density at radius 2 is 2.00 bits per heavy atom. The van der Waals surface area contributed by atoms with Gasteiger partial charge in [0.05, 0.1) is 16.2 Å². The number of nitrogens with zero attached hydrogens (tertiary/aromatic N) is 1. The summed E-state index contributed by atoms with van der Waals surface area (Å²) in [6.07, 6.45) is 5.04. The zero-order valence-corrected chi connectivity index (χ0v) is 17.1. The van der Waals surface area contributed by atoms with Gasteiger partial charge >= 0.3 is 5.97 Å². The highest BCUT2D eigenvalue weighted by Gasteiger charge is 2.29. The first-order valence-electron chi connectivity index (χ1n) is 9.57. The lowest BCUT2D eigenvalue weighted by atomic mass is 9.97. The summed E-state index contributed by atoms with van der Waals surface area (Å²) in [5, 5.41) is 16.4. The van der Waals surface area contributed by atoms with Gasteiger partial charge in [-0.25, -0.2) is 17.9 Å². The summed E-state index contributed by atoms with van der Waals surface area (Å²) in [5.41, 5.74) is 3.09. The fourth-order valence-corrected chi connectivity index (χ4v) is 5.61. The number of benzene rings is 1. The Hall–Kier alpha value is -2.65. The number of nitrogens with one attached hydrogen (secondary N) is 2. The summed E-state index contributed by atoms with van der Waals surface area (Å²) in [6, 6.07) is 3.29.